The predicted octanol–water partition coefficient (Wildman–Crippen LogP) is 2.16. The van der Waals surface area contributed by atoms with Crippen molar-refractivity contribution in [1.29, 1.82) is 0 Å². The lowest BCUT2D eigenvalue weighted by Gasteiger charge is -2.65. The fourth-order valence-electron chi connectivity index (χ4n) is 9.03. The van der Waals surface area contributed by atoms with Crippen molar-refractivity contribution in [3.63, 3.8) is 0 Å². The van der Waals surface area contributed by atoms with Crippen LogP contribution in [0.3, 0.4) is 0 Å². The summed E-state index contributed by atoms with van der Waals surface area (Å²) < 4.78 is 11.4. The summed E-state index contributed by atoms with van der Waals surface area (Å²) in [5.41, 5.74) is -2.57. The second-order valence-corrected chi connectivity index (χ2v) is 13.5. The lowest BCUT2D eigenvalue weighted by atomic mass is 9.41. The van der Waals surface area contributed by atoms with E-state index in [1.165, 1.54) is 0 Å². The smallest absolute Gasteiger partial charge is 0.362 e. The van der Waals surface area contributed by atoms with Gasteiger partial charge in [0.1, 0.15) is 19.0 Å². The first kappa shape index (κ1) is 25.9. The normalized spacial score (nSPS) is 46.2. The highest BCUT2D eigenvalue weighted by atomic mass is 16.5. The molecule has 0 radical (unpaired) electrons. The summed E-state index contributed by atoms with van der Waals surface area (Å²) in [4.78, 5) is 37.1. The Morgan fingerprint density at radius 2 is 1.83 bits per heavy atom. The molecule has 0 aromatic carbocycles. The van der Waals surface area contributed by atoms with Crippen molar-refractivity contribution in [1.82, 2.24) is 0 Å². The molecule has 0 spiro atoms. The summed E-state index contributed by atoms with van der Waals surface area (Å²) >= 11 is 0. The van der Waals surface area contributed by atoms with Crippen LogP contribution >= 0.6 is 0 Å². The standard InChI is InChI=1S/C28H42NO7/c1-25-9-6-21-22(28(25,34)12-8-20(25)18-13-23(31)35-16-18)7-11-27(33)14-19(5-10-26(21,27)17-30)36-24(32)15-29(2,3)4/h13,17,19-22,33-34H,5-12,14-16H2,1-4H3/q+1/t19-,20+,21+,22+,25+,26+,27-,28-/m0/s1. The number of aldehydes is 1. The average molecular weight is 505 g/mol. The molecule has 1 aliphatic heterocycles. The number of cyclic esters (lactones) is 1. The largest absolute Gasteiger partial charge is 0.458 e. The molecule has 0 unspecified atom stereocenters. The highest BCUT2D eigenvalue weighted by Gasteiger charge is 2.71. The molecule has 2 N–H and O–H groups in total. The van der Waals surface area contributed by atoms with Crippen LogP contribution in [0, 0.1) is 28.6 Å². The third kappa shape index (κ3) is 3.70. The molecular formula is C28H42NO7+. The fraction of sp³-hybridized carbons (Fsp3) is 0.821. The van der Waals surface area contributed by atoms with Crippen LogP contribution in [-0.4, -0.2) is 84.5 Å². The quantitative estimate of drug-likeness (QED) is 0.335. The highest BCUT2D eigenvalue weighted by Crippen LogP contribution is 2.70. The Balaban J connectivity index is 1.38. The number of nitrogens with zero attached hydrogens (tertiary/aromatic N) is 1. The molecule has 36 heavy (non-hydrogen) atoms. The van der Waals surface area contributed by atoms with E-state index in [1.807, 2.05) is 21.1 Å². The van der Waals surface area contributed by atoms with Crippen molar-refractivity contribution in [3.05, 3.63) is 11.6 Å². The van der Waals surface area contributed by atoms with E-state index in [2.05, 4.69) is 6.92 Å². The lowest BCUT2D eigenvalue weighted by Crippen LogP contribution is -2.69. The van der Waals surface area contributed by atoms with Crippen molar-refractivity contribution in [3.8, 4) is 0 Å². The van der Waals surface area contributed by atoms with Crippen LogP contribution in [0.4, 0.5) is 0 Å². The van der Waals surface area contributed by atoms with Gasteiger partial charge in [-0.3, -0.25) is 0 Å². The summed E-state index contributed by atoms with van der Waals surface area (Å²) in [5.74, 6) is -0.725. The summed E-state index contributed by atoms with van der Waals surface area (Å²) in [5, 5.41) is 24.3. The van der Waals surface area contributed by atoms with E-state index in [1.54, 1.807) is 6.08 Å². The fourth-order valence-corrected chi connectivity index (χ4v) is 9.03. The number of esters is 2. The molecule has 0 amide bonds. The van der Waals surface area contributed by atoms with Crippen LogP contribution in [0.2, 0.25) is 0 Å². The number of hydrogen-bond acceptors (Lipinski definition) is 7. The maximum Gasteiger partial charge on any atom is 0.362 e. The number of quaternary nitrogens is 1. The van der Waals surface area contributed by atoms with Gasteiger partial charge in [0.05, 0.1) is 37.8 Å². The van der Waals surface area contributed by atoms with Crippen LogP contribution in [0.25, 0.3) is 0 Å². The van der Waals surface area contributed by atoms with E-state index in [0.29, 0.717) is 43.2 Å². The van der Waals surface area contributed by atoms with Gasteiger partial charge < -0.3 is 29.0 Å². The van der Waals surface area contributed by atoms with Crippen LogP contribution in [-0.2, 0) is 23.9 Å². The summed E-state index contributed by atoms with van der Waals surface area (Å²) in [6.45, 7) is 2.69. The second kappa shape index (κ2) is 8.37. The summed E-state index contributed by atoms with van der Waals surface area (Å²) in [7, 11) is 5.78. The Morgan fingerprint density at radius 3 is 2.47 bits per heavy atom. The number of likely N-dealkylation sites (N-methyl/N-ethyl adjacent to an activating group) is 1. The van der Waals surface area contributed by atoms with Gasteiger partial charge in [-0.05, 0) is 74.7 Å². The Morgan fingerprint density at radius 1 is 1.11 bits per heavy atom. The van der Waals surface area contributed by atoms with Gasteiger partial charge in [-0.2, -0.15) is 0 Å². The highest BCUT2D eigenvalue weighted by molar-refractivity contribution is 5.85. The Kier molecular flexibility index (Phi) is 6.01. The molecule has 8 nitrogen and oxygen atoms in total. The van der Waals surface area contributed by atoms with Crippen molar-refractivity contribution in [2.45, 2.75) is 82.0 Å². The van der Waals surface area contributed by atoms with Gasteiger partial charge in [0.15, 0.2) is 6.54 Å². The predicted molar refractivity (Wildman–Crippen MR) is 130 cm³/mol. The van der Waals surface area contributed by atoms with E-state index in [4.69, 9.17) is 9.47 Å². The Hall–Kier alpha value is -1.77. The molecule has 5 rings (SSSR count). The molecule has 0 aromatic rings. The van der Waals surface area contributed by atoms with E-state index in [9.17, 15) is 24.6 Å². The molecule has 200 valence electrons. The number of carbonyl (C=O) groups is 3. The number of ether oxygens (including phenoxy) is 2. The Labute approximate surface area is 213 Å². The molecule has 4 saturated carbocycles. The van der Waals surface area contributed by atoms with Gasteiger partial charge in [0, 0.05) is 17.9 Å². The molecule has 8 heteroatoms. The zero-order chi connectivity index (χ0) is 26.1. The van der Waals surface area contributed by atoms with Gasteiger partial charge >= 0.3 is 11.9 Å². The SMILES string of the molecule is C[C@]12CC[C@@H]3[C@@H](CC[C@]4(O)C[C@@H](OC(=O)C[N+](C)(C)C)CC[C@@]34C=O)[C@@]1(O)CC[C@@H]2C1=CC(=O)OC1. The molecule has 0 bridgehead atoms. The first-order valence-corrected chi connectivity index (χ1v) is 13.6. The molecule has 0 saturated heterocycles. The molecular weight excluding hydrogens is 462 g/mol. The number of aliphatic hydroxyl groups is 2. The molecule has 4 fully saturated rings. The minimum Gasteiger partial charge on any atom is -0.458 e. The minimum absolute atomic E-state index is 0.0826. The monoisotopic (exact) mass is 504 g/mol. The number of rotatable bonds is 5. The molecule has 0 aromatic heterocycles. The minimum atomic E-state index is -1.24. The second-order valence-electron chi connectivity index (χ2n) is 13.5. The third-order valence-electron chi connectivity index (χ3n) is 10.7. The summed E-state index contributed by atoms with van der Waals surface area (Å²) in [6, 6.07) is 0. The van der Waals surface area contributed by atoms with Crippen molar-refractivity contribution in [2.75, 3.05) is 34.3 Å². The molecule has 1 heterocycles. The number of hydrogen-bond donors (Lipinski definition) is 2. The zero-order valence-corrected chi connectivity index (χ0v) is 22.1. The van der Waals surface area contributed by atoms with E-state index in [-0.39, 0.29) is 42.7 Å². The Bertz CT molecular complexity index is 987. The van der Waals surface area contributed by atoms with Crippen LogP contribution < -0.4 is 0 Å². The molecule has 4 aliphatic carbocycles. The maximum absolute atomic E-state index is 12.9. The average Bonchev–Trinajstić information content (AvgIpc) is 3.31. The third-order valence-corrected chi connectivity index (χ3v) is 10.7. The van der Waals surface area contributed by atoms with Crippen LogP contribution in [0.5, 0.6) is 0 Å². The van der Waals surface area contributed by atoms with Gasteiger partial charge in [0.25, 0.3) is 0 Å². The van der Waals surface area contributed by atoms with Gasteiger partial charge in [-0.25, -0.2) is 9.59 Å². The van der Waals surface area contributed by atoms with E-state index >= 15 is 0 Å². The molecule has 5 aliphatic rings. The number of carbonyl (C=O) groups excluding carboxylic acids is 3. The van der Waals surface area contributed by atoms with E-state index < -0.39 is 28.1 Å². The molecule has 8 atom stereocenters. The zero-order valence-electron chi connectivity index (χ0n) is 22.1. The van der Waals surface area contributed by atoms with Crippen molar-refractivity contribution < 1.29 is 38.6 Å². The van der Waals surface area contributed by atoms with Crippen molar-refractivity contribution in [2.24, 2.45) is 28.6 Å². The van der Waals surface area contributed by atoms with E-state index in [0.717, 1.165) is 31.1 Å². The van der Waals surface area contributed by atoms with Gasteiger partial charge in [0.2, 0.25) is 0 Å². The van der Waals surface area contributed by atoms with Crippen molar-refractivity contribution >= 4 is 18.2 Å². The van der Waals surface area contributed by atoms with Gasteiger partial charge in [-0.15, -0.1) is 0 Å². The maximum atomic E-state index is 12.9. The van der Waals surface area contributed by atoms with Crippen LogP contribution in [0.15, 0.2) is 11.6 Å². The van der Waals surface area contributed by atoms with Gasteiger partial charge in [-0.1, -0.05) is 6.92 Å². The topological polar surface area (TPSA) is 110 Å². The summed E-state index contributed by atoms with van der Waals surface area (Å²) in [6.07, 6.45) is 7.36. The first-order chi connectivity index (χ1) is 16.8. The van der Waals surface area contributed by atoms with Crippen LogP contribution in [0.1, 0.15) is 64.7 Å². The lowest BCUT2D eigenvalue weighted by molar-refractivity contribution is -0.862. The first-order valence-electron chi connectivity index (χ1n) is 13.6. The number of fused-ring (bicyclic) bond motifs is 5.